The summed E-state index contributed by atoms with van der Waals surface area (Å²) in [5, 5.41) is 20.0. The van der Waals surface area contributed by atoms with E-state index in [9.17, 15) is 19.2 Å². The number of nitrogens with zero attached hydrogens (tertiary/aromatic N) is 1. The minimum absolute atomic E-state index is 0.118. The summed E-state index contributed by atoms with van der Waals surface area (Å²) in [4.78, 5) is 66.5. The molecule has 0 aliphatic carbocycles. The number of hydrogen-bond acceptors (Lipinski definition) is 13. The van der Waals surface area contributed by atoms with Crippen LogP contribution in [-0.4, -0.2) is 93.6 Å². The van der Waals surface area contributed by atoms with Crippen molar-refractivity contribution < 1.29 is 43.5 Å². The van der Waals surface area contributed by atoms with E-state index >= 15 is 0 Å². The second-order valence-electron chi connectivity index (χ2n) is 10.9. The van der Waals surface area contributed by atoms with Crippen LogP contribution >= 0.6 is 0 Å². The van der Waals surface area contributed by atoms with Gasteiger partial charge in [0, 0.05) is 25.5 Å². The highest BCUT2D eigenvalue weighted by atomic mass is 16.5. The number of aromatic carboxylic acids is 1. The quantitative estimate of drug-likeness (QED) is 0.110. The lowest BCUT2D eigenvalue weighted by Crippen LogP contribution is -2.19. The maximum absolute atomic E-state index is 10.7. The number of carboxylic acids is 1. The number of amides is 3. The van der Waals surface area contributed by atoms with Crippen LogP contribution in [0.15, 0.2) is 45.9 Å². The smallest absolute Gasteiger partial charge is 0.335 e. The molecule has 56 heavy (non-hydrogen) atoms. The third kappa shape index (κ3) is 78.4. The lowest BCUT2D eigenvalue weighted by Gasteiger charge is -2.11. The van der Waals surface area contributed by atoms with Crippen molar-refractivity contribution in [2.75, 3.05) is 40.8 Å². The van der Waals surface area contributed by atoms with Gasteiger partial charge in [0.15, 0.2) is 0 Å². The molecule has 0 bridgehead atoms. The van der Waals surface area contributed by atoms with Crippen LogP contribution in [-0.2, 0) is 30.5 Å². The van der Waals surface area contributed by atoms with Crippen molar-refractivity contribution >= 4 is 37.8 Å². The van der Waals surface area contributed by atoms with Crippen molar-refractivity contribution in [2.45, 2.75) is 100.0 Å². The Kier molecular flexibility index (Phi) is 88.4. The number of aromatic nitrogens is 1. The molecule has 0 saturated carbocycles. The van der Waals surface area contributed by atoms with Crippen LogP contribution in [0, 0.1) is 11.8 Å². The molecule has 18 nitrogen and oxygen atoms in total. The van der Waals surface area contributed by atoms with E-state index in [2.05, 4.69) is 49.0 Å². The van der Waals surface area contributed by atoms with Crippen molar-refractivity contribution in [3.05, 3.63) is 58.1 Å². The van der Waals surface area contributed by atoms with Crippen molar-refractivity contribution in [1.29, 1.82) is 0 Å². The number of aryl methyl sites for hydroxylation is 1. The fourth-order valence-corrected chi connectivity index (χ4v) is 2.57. The zero-order chi connectivity index (χ0) is 46.3. The van der Waals surface area contributed by atoms with Gasteiger partial charge in [0.2, 0.25) is 18.7 Å². The molecular weight excluding hydrogens is 728 g/mol. The molecule has 3 amide bonds. The van der Waals surface area contributed by atoms with E-state index in [0.717, 1.165) is 37.0 Å². The summed E-state index contributed by atoms with van der Waals surface area (Å²) in [5.41, 5.74) is 28.3. The van der Waals surface area contributed by atoms with Crippen LogP contribution in [0.3, 0.4) is 0 Å². The van der Waals surface area contributed by atoms with Crippen LogP contribution in [0.25, 0.3) is 0 Å². The van der Waals surface area contributed by atoms with Crippen LogP contribution in [0.5, 0.6) is 0 Å². The van der Waals surface area contributed by atoms with Crippen molar-refractivity contribution in [3.8, 4) is 0 Å². The first-order chi connectivity index (χ1) is 26.5. The lowest BCUT2D eigenvalue weighted by atomic mass is 9.95. The Bertz CT molecular complexity index is 1090. The van der Waals surface area contributed by atoms with Gasteiger partial charge in [-0.3, -0.25) is 19.2 Å². The van der Waals surface area contributed by atoms with Gasteiger partial charge in [0.25, 0.3) is 5.56 Å². The van der Waals surface area contributed by atoms with Gasteiger partial charge in [0.1, 0.15) is 19.3 Å². The molecule has 18 heteroatoms. The summed E-state index contributed by atoms with van der Waals surface area (Å²) in [5.74, 6) is 0.136. The first-order valence-corrected chi connectivity index (χ1v) is 18.0. The monoisotopic (exact) mass is 809 g/mol. The van der Waals surface area contributed by atoms with E-state index in [0.29, 0.717) is 36.3 Å². The van der Waals surface area contributed by atoms with E-state index < -0.39 is 11.9 Å². The summed E-state index contributed by atoms with van der Waals surface area (Å²) in [7, 11) is 4.95. The Morgan fingerprint density at radius 2 is 1.29 bits per heavy atom. The van der Waals surface area contributed by atoms with E-state index in [4.69, 9.17) is 40.6 Å². The topological polar surface area (TPSA) is 346 Å². The zero-order valence-electron chi connectivity index (χ0n) is 36.1. The standard InChI is InChI=1S/C13H19NO2.C6H8N2O3.C5H10O.C4H10O.C3H8.C2H7N.2CH3NO.2CH5N.CH2O/c1-10(4-3-9-14-2)11-5-7-12(8-6-11)13(15)16;7-5(9)1-3-8-6(10)2-4-11-8;1-5(2)3-4-6;1-4(2)3-5;1-3-2;1-2-3;2*2-1-3;3*1-2/h5-8,10,14H,3-4,9H2,1-2H3,(H,15,16);2,4H,1,3H2,(H2,7,9);4-5H,3H2,1-2H3;4-5H,3H2,1-2H3;3H2,1-2H3;2-3H2,1H3;2*1H,(H2,2,3);2*2H2,1H3;1H2. The molecule has 0 saturated heterocycles. The maximum Gasteiger partial charge on any atom is 0.335 e. The summed E-state index contributed by atoms with van der Waals surface area (Å²) in [6.45, 7) is 20.6. The Morgan fingerprint density at radius 3 is 1.52 bits per heavy atom. The second-order valence-corrected chi connectivity index (χ2v) is 10.9. The maximum atomic E-state index is 10.7. The second kappa shape index (κ2) is 68.3. The molecule has 2 rings (SSSR count). The van der Waals surface area contributed by atoms with Crippen LogP contribution in [0.2, 0.25) is 0 Å². The fraction of sp³-hybridized carbons (Fsp3) is 0.605. The molecule has 0 aliphatic rings. The molecule has 1 atom stereocenters. The van der Waals surface area contributed by atoms with Crippen molar-refractivity contribution in [3.63, 3.8) is 0 Å². The lowest BCUT2D eigenvalue weighted by molar-refractivity contribution is -0.118. The number of nitrogens with two attached hydrogens (primary N) is 6. The number of carboxylic acid groups (broad SMARTS) is 1. The summed E-state index contributed by atoms with van der Waals surface area (Å²) in [6, 6.07) is 8.44. The molecule has 0 aliphatic heterocycles. The molecule has 0 spiro atoms. The number of carbonyl (C=O) groups is 6. The summed E-state index contributed by atoms with van der Waals surface area (Å²) < 4.78 is 5.79. The van der Waals surface area contributed by atoms with Gasteiger partial charge in [0.05, 0.1) is 12.1 Å². The van der Waals surface area contributed by atoms with Crippen molar-refractivity contribution in [1.82, 2.24) is 10.1 Å². The van der Waals surface area contributed by atoms with E-state index in [1.54, 1.807) is 12.1 Å². The number of aliphatic hydroxyl groups is 1. The third-order valence-electron chi connectivity index (χ3n) is 4.93. The van der Waals surface area contributed by atoms with Crippen LogP contribution < -0.4 is 45.3 Å². The molecular formula is C38H80N8O10. The molecule has 332 valence electrons. The average Bonchev–Trinajstić information content (AvgIpc) is 3.59. The predicted molar refractivity (Wildman–Crippen MR) is 228 cm³/mol. The Balaban J connectivity index is -0.0000000691. The van der Waals surface area contributed by atoms with Gasteiger partial charge in [-0.1, -0.05) is 73.9 Å². The predicted octanol–water partition coefficient (Wildman–Crippen LogP) is 2.22. The highest BCUT2D eigenvalue weighted by Crippen LogP contribution is 2.20. The Hall–Kier alpha value is -4.75. The van der Waals surface area contributed by atoms with E-state index in [-0.39, 0.29) is 31.3 Å². The normalized spacial score (nSPS) is 8.66. The van der Waals surface area contributed by atoms with Gasteiger partial charge in [-0.2, -0.15) is 4.74 Å². The number of hydrogen-bond donors (Lipinski definition) is 9. The first kappa shape index (κ1) is 72.5. The number of rotatable bonds is 12. The summed E-state index contributed by atoms with van der Waals surface area (Å²) in [6.07, 6.45) is 7.03. The number of aldehydes is 1. The van der Waals surface area contributed by atoms with Crippen LogP contribution in [0.1, 0.15) is 109 Å². The number of aliphatic hydroxyl groups excluding tert-OH is 1. The molecule has 1 aromatic carbocycles. The fourth-order valence-electron chi connectivity index (χ4n) is 2.57. The highest BCUT2D eigenvalue weighted by Gasteiger charge is 2.07. The molecule has 15 N–H and O–H groups in total. The molecule has 1 heterocycles. The molecule has 0 radical (unpaired) electrons. The Labute approximate surface area is 336 Å². The minimum atomic E-state index is -0.866. The average molecular weight is 809 g/mol. The van der Waals surface area contributed by atoms with Gasteiger partial charge < -0.3 is 64.0 Å². The first-order valence-electron chi connectivity index (χ1n) is 18.0. The zero-order valence-corrected chi connectivity index (χ0v) is 36.1. The van der Waals surface area contributed by atoms with Gasteiger partial charge >= 0.3 is 5.97 Å². The molecule has 2 aromatic rings. The van der Waals surface area contributed by atoms with Gasteiger partial charge in [-0.05, 0) is 82.5 Å². The number of nitrogens with one attached hydrogen (secondary N) is 1. The molecule has 1 unspecified atom stereocenters. The van der Waals surface area contributed by atoms with E-state index in [1.807, 2.05) is 60.6 Å². The number of benzene rings is 1. The van der Waals surface area contributed by atoms with E-state index in [1.165, 1.54) is 38.4 Å². The summed E-state index contributed by atoms with van der Waals surface area (Å²) >= 11 is 0. The number of carbonyl (C=O) groups excluding carboxylic acids is 5. The number of primary amides is 3. The largest absolute Gasteiger partial charge is 0.478 e. The van der Waals surface area contributed by atoms with Gasteiger partial charge in [-0.25, -0.2) is 4.79 Å². The van der Waals surface area contributed by atoms with Crippen molar-refractivity contribution in [2.24, 2.45) is 46.2 Å². The third-order valence-corrected chi connectivity index (χ3v) is 4.93. The SMILES string of the molecule is C=O.CC(C)CC=O.CC(C)CO.CCC.CCN.CN.CN.CNCCCC(C)c1ccc(C(=O)O)cc1.NC(=O)CCn1occc1=O.NC=O.NC=O. The van der Waals surface area contributed by atoms with Crippen LogP contribution in [0.4, 0.5) is 0 Å². The highest BCUT2D eigenvalue weighted by molar-refractivity contribution is 5.87. The molecule has 1 aromatic heterocycles. The minimum Gasteiger partial charge on any atom is -0.478 e. The Morgan fingerprint density at radius 1 is 0.893 bits per heavy atom. The molecule has 0 fully saturated rings. The van der Waals surface area contributed by atoms with Gasteiger partial charge in [-0.15, -0.1) is 0 Å².